The molecule has 1 aliphatic rings. The second-order valence-corrected chi connectivity index (χ2v) is 7.22. The highest BCUT2D eigenvalue weighted by Crippen LogP contribution is 2.20. The maximum absolute atomic E-state index is 12.6. The molecule has 0 aliphatic carbocycles. The molecule has 162 valence electrons. The standard InChI is InChI=1S/C22H23N3O6/c1-14-3-2-4-16(24-14)13-31-17-7-5-15(6-8-17)12-25-10-9-18(26)20(22(25)30)21(29)23-11-19(27)28/h2-8,20H,9-13H2,1H3,(H,23,29)(H,27,28). The molecule has 0 saturated carbocycles. The van der Waals surface area contributed by atoms with Crippen molar-refractivity contribution in [2.75, 3.05) is 13.1 Å². The molecular formula is C22H23N3O6. The number of pyridine rings is 1. The summed E-state index contributed by atoms with van der Waals surface area (Å²) in [5.74, 6) is -4.10. The first-order valence-electron chi connectivity index (χ1n) is 9.79. The van der Waals surface area contributed by atoms with E-state index < -0.39 is 36.0 Å². The van der Waals surface area contributed by atoms with Crippen molar-refractivity contribution in [1.82, 2.24) is 15.2 Å². The van der Waals surface area contributed by atoms with E-state index in [1.165, 1.54) is 4.90 Å². The highest BCUT2D eigenvalue weighted by molar-refractivity contribution is 6.19. The third kappa shape index (κ3) is 5.88. The molecule has 0 spiro atoms. The quantitative estimate of drug-likeness (QED) is 0.606. The smallest absolute Gasteiger partial charge is 0.322 e. The molecule has 1 fully saturated rings. The number of aliphatic carboxylic acids is 1. The fourth-order valence-corrected chi connectivity index (χ4v) is 3.25. The lowest BCUT2D eigenvalue weighted by Gasteiger charge is -2.30. The molecule has 31 heavy (non-hydrogen) atoms. The van der Waals surface area contributed by atoms with E-state index >= 15 is 0 Å². The fraction of sp³-hybridized carbons (Fsp3) is 0.318. The first-order valence-corrected chi connectivity index (χ1v) is 9.79. The van der Waals surface area contributed by atoms with E-state index in [1.54, 1.807) is 12.1 Å². The molecule has 0 bridgehead atoms. The number of ketones is 1. The van der Waals surface area contributed by atoms with Crippen molar-refractivity contribution in [3.63, 3.8) is 0 Å². The zero-order valence-corrected chi connectivity index (χ0v) is 17.0. The third-order valence-electron chi connectivity index (χ3n) is 4.81. The van der Waals surface area contributed by atoms with Crippen LogP contribution in [0.1, 0.15) is 23.4 Å². The Hall–Kier alpha value is -3.75. The van der Waals surface area contributed by atoms with Crippen LogP contribution < -0.4 is 10.1 Å². The zero-order chi connectivity index (χ0) is 22.4. The Morgan fingerprint density at radius 1 is 1.19 bits per heavy atom. The first kappa shape index (κ1) is 21.9. The van der Waals surface area contributed by atoms with Gasteiger partial charge in [-0.3, -0.25) is 24.2 Å². The molecule has 1 aromatic heterocycles. The summed E-state index contributed by atoms with van der Waals surface area (Å²) in [4.78, 5) is 53.2. The van der Waals surface area contributed by atoms with E-state index in [0.29, 0.717) is 12.4 Å². The van der Waals surface area contributed by atoms with Crippen LogP contribution in [0.2, 0.25) is 0 Å². The van der Waals surface area contributed by atoms with E-state index in [9.17, 15) is 19.2 Å². The molecule has 1 aliphatic heterocycles. The average Bonchev–Trinajstić information content (AvgIpc) is 2.74. The molecule has 3 rings (SSSR count). The van der Waals surface area contributed by atoms with E-state index in [4.69, 9.17) is 9.84 Å². The molecule has 1 saturated heterocycles. The lowest BCUT2D eigenvalue weighted by Crippen LogP contribution is -2.52. The van der Waals surface area contributed by atoms with Crippen molar-refractivity contribution < 1.29 is 29.0 Å². The van der Waals surface area contributed by atoms with E-state index in [1.807, 2.05) is 37.3 Å². The Balaban J connectivity index is 1.58. The third-order valence-corrected chi connectivity index (χ3v) is 4.81. The summed E-state index contributed by atoms with van der Waals surface area (Å²) in [5, 5.41) is 10.8. The number of piperidine rings is 1. The summed E-state index contributed by atoms with van der Waals surface area (Å²) in [7, 11) is 0. The Morgan fingerprint density at radius 3 is 2.61 bits per heavy atom. The van der Waals surface area contributed by atoms with Crippen LogP contribution in [0.3, 0.4) is 0 Å². The number of carbonyl (C=O) groups is 4. The number of amides is 2. The molecule has 9 heteroatoms. The predicted octanol–water partition coefficient (Wildman–Crippen LogP) is 1.09. The van der Waals surface area contributed by atoms with Crippen molar-refractivity contribution >= 4 is 23.6 Å². The SMILES string of the molecule is Cc1cccc(COc2ccc(CN3CCC(=O)C(C(=O)NCC(=O)O)C3=O)cc2)n1. The van der Waals surface area contributed by atoms with Crippen LogP contribution in [0, 0.1) is 12.8 Å². The number of nitrogens with zero attached hydrogens (tertiary/aromatic N) is 2. The van der Waals surface area contributed by atoms with Crippen molar-refractivity contribution in [3.8, 4) is 5.75 Å². The Kier molecular flexibility index (Phi) is 6.96. The number of carboxylic acid groups (broad SMARTS) is 1. The van der Waals surface area contributed by atoms with Crippen LogP contribution in [0.15, 0.2) is 42.5 Å². The van der Waals surface area contributed by atoms with Gasteiger partial charge in [-0.2, -0.15) is 0 Å². The van der Waals surface area contributed by atoms with Crippen LogP contribution in [0.25, 0.3) is 0 Å². The van der Waals surface area contributed by atoms with Gasteiger partial charge in [0.15, 0.2) is 11.7 Å². The number of aryl methyl sites for hydroxylation is 1. The molecule has 1 aromatic carbocycles. The van der Waals surface area contributed by atoms with Gasteiger partial charge in [-0.15, -0.1) is 0 Å². The second-order valence-electron chi connectivity index (χ2n) is 7.22. The van der Waals surface area contributed by atoms with Crippen LogP contribution in [-0.4, -0.2) is 51.6 Å². The van der Waals surface area contributed by atoms with Gasteiger partial charge in [0.1, 0.15) is 18.9 Å². The number of aromatic nitrogens is 1. The van der Waals surface area contributed by atoms with Crippen LogP contribution >= 0.6 is 0 Å². The summed E-state index contributed by atoms with van der Waals surface area (Å²) < 4.78 is 5.73. The van der Waals surface area contributed by atoms with Gasteiger partial charge in [-0.05, 0) is 36.8 Å². The number of ether oxygens (including phenoxy) is 1. The van der Waals surface area contributed by atoms with Crippen molar-refractivity contribution in [2.45, 2.75) is 26.5 Å². The first-order chi connectivity index (χ1) is 14.8. The minimum Gasteiger partial charge on any atom is -0.487 e. The molecule has 9 nitrogen and oxygen atoms in total. The maximum Gasteiger partial charge on any atom is 0.322 e. The summed E-state index contributed by atoms with van der Waals surface area (Å²) in [6, 6.07) is 12.9. The molecule has 2 N–H and O–H groups in total. The monoisotopic (exact) mass is 425 g/mol. The Morgan fingerprint density at radius 2 is 1.94 bits per heavy atom. The van der Waals surface area contributed by atoms with Gasteiger partial charge in [-0.25, -0.2) is 0 Å². The lowest BCUT2D eigenvalue weighted by molar-refractivity contribution is -0.152. The van der Waals surface area contributed by atoms with Crippen molar-refractivity contribution in [1.29, 1.82) is 0 Å². The van der Waals surface area contributed by atoms with Crippen LogP contribution in [0.5, 0.6) is 5.75 Å². The lowest BCUT2D eigenvalue weighted by atomic mass is 9.94. The van der Waals surface area contributed by atoms with Crippen LogP contribution in [-0.2, 0) is 32.3 Å². The highest BCUT2D eigenvalue weighted by Gasteiger charge is 2.40. The molecular weight excluding hydrogens is 402 g/mol. The predicted molar refractivity (Wildman–Crippen MR) is 109 cm³/mol. The number of carbonyl (C=O) groups excluding carboxylic acids is 3. The molecule has 2 heterocycles. The summed E-state index contributed by atoms with van der Waals surface area (Å²) in [6.07, 6.45) is 0.0432. The molecule has 1 atom stereocenters. The fourth-order valence-electron chi connectivity index (χ4n) is 3.25. The van der Waals surface area contributed by atoms with Crippen molar-refractivity contribution in [2.24, 2.45) is 5.92 Å². The van der Waals surface area contributed by atoms with Gasteiger partial charge in [0.25, 0.3) is 0 Å². The molecule has 0 radical (unpaired) electrons. The number of nitrogens with one attached hydrogen (secondary N) is 1. The summed E-state index contributed by atoms with van der Waals surface area (Å²) in [5.41, 5.74) is 2.55. The minimum atomic E-state index is -1.50. The largest absolute Gasteiger partial charge is 0.487 e. The van der Waals surface area contributed by atoms with Gasteiger partial charge in [0.2, 0.25) is 11.8 Å². The van der Waals surface area contributed by atoms with Gasteiger partial charge >= 0.3 is 5.97 Å². The maximum atomic E-state index is 12.6. The summed E-state index contributed by atoms with van der Waals surface area (Å²) in [6.45, 7) is 2.04. The normalized spacial score (nSPS) is 16.2. The van der Waals surface area contributed by atoms with Gasteiger partial charge in [0, 0.05) is 25.2 Å². The van der Waals surface area contributed by atoms with E-state index in [-0.39, 0.29) is 19.5 Å². The van der Waals surface area contributed by atoms with E-state index in [2.05, 4.69) is 10.3 Å². The van der Waals surface area contributed by atoms with Gasteiger partial charge < -0.3 is 20.1 Å². The second kappa shape index (κ2) is 9.84. The number of rotatable bonds is 8. The number of Topliss-reactive ketones (excluding diaryl/α,β-unsaturated/α-hetero) is 1. The Labute approximate surface area is 179 Å². The van der Waals surface area contributed by atoms with Gasteiger partial charge in [-0.1, -0.05) is 18.2 Å². The molecule has 2 amide bonds. The van der Waals surface area contributed by atoms with Gasteiger partial charge in [0.05, 0.1) is 5.69 Å². The Bertz CT molecular complexity index is 989. The topological polar surface area (TPSA) is 126 Å². The van der Waals surface area contributed by atoms with Crippen LogP contribution in [0.4, 0.5) is 0 Å². The number of carboxylic acids is 1. The molecule has 2 aromatic rings. The van der Waals surface area contributed by atoms with Crippen molar-refractivity contribution in [3.05, 3.63) is 59.4 Å². The number of likely N-dealkylation sites (tertiary alicyclic amines) is 1. The molecule has 1 unspecified atom stereocenters. The zero-order valence-electron chi connectivity index (χ0n) is 17.0. The summed E-state index contributed by atoms with van der Waals surface area (Å²) >= 11 is 0. The number of hydrogen-bond acceptors (Lipinski definition) is 6. The average molecular weight is 425 g/mol. The van der Waals surface area contributed by atoms with E-state index in [0.717, 1.165) is 17.0 Å². The number of benzene rings is 1. The number of hydrogen-bond donors (Lipinski definition) is 2. The minimum absolute atomic E-state index is 0.0432. The highest BCUT2D eigenvalue weighted by atomic mass is 16.5.